The van der Waals surface area contributed by atoms with E-state index in [0.717, 1.165) is 25.9 Å². The van der Waals surface area contributed by atoms with E-state index in [4.69, 9.17) is 0 Å². The van der Waals surface area contributed by atoms with E-state index in [0.29, 0.717) is 24.2 Å². The van der Waals surface area contributed by atoms with Crippen molar-refractivity contribution in [3.05, 3.63) is 59.2 Å². The van der Waals surface area contributed by atoms with Gasteiger partial charge in [-0.1, -0.05) is 48.0 Å². The SMILES string of the molecule is Cc1ccc(C)c(-c2ccc(C3CC34CCN(C(=O)C3(O)CC3)CC4)cc2)c1. The number of aliphatic hydroxyl groups is 1. The van der Waals surface area contributed by atoms with Crippen LogP contribution in [0.15, 0.2) is 42.5 Å². The number of piperidine rings is 1. The van der Waals surface area contributed by atoms with Gasteiger partial charge in [-0.05, 0) is 79.5 Å². The first-order chi connectivity index (χ1) is 13.4. The zero-order valence-corrected chi connectivity index (χ0v) is 16.9. The van der Waals surface area contributed by atoms with Crippen LogP contribution in [0.1, 0.15) is 54.7 Å². The van der Waals surface area contributed by atoms with Gasteiger partial charge in [-0.3, -0.25) is 4.79 Å². The lowest BCUT2D eigenvalue weighted by molar-refractivity contribution is -0.144. The van der Waals surface area contributed by atoms with Crippen molar-refractivity contribution in [2.24, 2.45) is 5.41 Å². The summed E-state index contributed by atoms with van der Waals surface area (Å²) < 4.78 is 0. The molecule has 2 aliphatic carbocycles. The highest BCUT2D eigenvalue weighted by Gasteiger charge is 2.57. The Labute approximate surface area is 167 Å². The van der Waals surface area contributed by atoms with Gasteiger partial charge in [0.1, 0.15) is 5.60 Å². The third-order valence-electron chi connectivity index (χ3n) is 7.37. The first kappa shape index (κ1) is 17.9. The number of rotatable bonds is 3. The molecule has 28 heavy (non-hydrogen) atoms. The lowest BCUT2D eigenvalue weighted by atomic mass is 9.88. The highest BCUT2D eigenvalue weighted by molar-refractivity contribution is 5.87. The molecule has 2 aromatic rings. The van der Waals surface area contributed by atoms with Crippen molar-refractivity contribution in [2.45, 2.75) is 57.5 Å². The third kappa shape index (κ3) is 2.97. The largest absolute Gasteiger partial charge is 0.380 e. The average Bonchev–Trinajstić information content (AvgIpc) is 3.62. The lowest BCUT2D eigenvalue weighted by Crippen LogP contribution is -2.45. The van der Waals surface area contributed by atoms with Crippen LogP contribution in [-0.4, -0.2) is 34.6 Å². The Morgan fingerprint density at radius 1 is 1.00 bits per heavy atom. The van der Waals surface area contributed by atoms with Crippen LogP contribution in [0, 0.1) is 19.3 Å². The number of hydrogen-bond acceptors (Lipinski definition) is 2. The topological polar surface area (TPSA) is 40.5 Å². The van der Waals surface area contributed by atoms with Gasteiger partial charge < -0.3 is 10.0 Å². The minimum atomic E-state index is -1.02. The van der Waals surface area contributed by atoms with Crippen LogP contribution in [0.2, 0.25) is 0 Å². The Kier molecular flexibility index (Phi) is 3.96. The molecule has 3 aliphatic rings. The minimum Gasteiger partial charge on any atom is -0.380 e. The molecule has 1 unspecified atom stereocenters. The highest BCUT2D eigenvalue weighted by Crippen LogP contribution is 2.65. The predicted octanol–water partition coefficient (Wildman–Crippen LogP) is 4.59. The number of carbonyl (C=O) groups is 1. The van der Waals surface area contributed by atoms with Gasteiger partial charge in [0.15, 0.2) is 0 Å². The van der Waals surface area contributed by atoms with E-state index in [1.54, 1.807) is 0 Å². The number of hydrogen-bond donors (Lipinski definition) is 1. The molecule has 3 fully saturated rings. The van der Waals surface area contributed by atoms with Crippen LogP contribution < -0.4 is 0 Å². The van der Waals surface area contributed by atoms with Crippen molar-refractivity contribution in [3.63, 3.8) is 0 Å². The van der Waals surface area contributed by atoms with Crippen LogP contribution >= 0.6 is 0 Å². The monoisotopic (exact) mass is 375 g/mol. The molecular weight excluding hydrogens is 346 g/mol. The second kappa shape index (κ2) is 6.18. The van der Waals surface area contributed by atoms with Crippen molar-refractivity contribution < 1.29 is 9.90 Å². The van der Waals surface area contributed by atoms with Crippen molar-refractivity contribution in [1.82, 2.24) is 4.90 Å². The van der Waals surface area contributed by atoms with Crippen molar-refractivity contribution >= 4 is 5.91 Å². The fraction of sp³-hybridized carbons (Fsp3) is 0.480. The van der Waals surface area contributed by atoms with Crippen LogP contribution in [0.5, 0.6) is 0 Å². The summed E-state index contributed by atoms with van der Waals surface area (Å²) >= 11 is 0. The summed E-state index contributed by atoms with van der Waals surface area (Å²) in [5.74, 6) is 0.596. The van der Waals surface area contributed by atoms with E-state index in [2.05, 4.69) is 56.3 Å². The van der Waals surface area contributed by atoms with Crippen molar-refractivity contribution in [1.29, 1.82) is 0 Å². The maximum Gasteiger partial charge on any atom is 0.254 e. The van der Waals surface area contributed by atoms with E-state index in [1.165, 1.54) is 34.2 Å². The smallest absolute Gasteiger partial charge is 0.254 e. The maximum absolute atomic E-state index is 12.4. The molecule has 1 aliphatic heterocycles. The summed E-state index contributed by atoms with van der Waals surface area (Å²) in [7, 11) is 0. The average molecular weight is 376 g/mol. The Bertz CT molecular complexity index is 918. The Morgan fingerprint density at radius 3 is 2.32 bits per heavy atom. The summed E-state index contributed by atoms with van der Waals surface area (Å²) in [6, 6.07) is 15.8. The lowest BCUT2D eigenvalue weighted by Gasteiger charge is -2.34. The molecule has 146 valence electrons. The molecule has 3 nitrogen and oxygen atoms in total. The number of nitrogens with zero attached hydrogens (tertiary/aromatic N) is 1. The van der Waals surface area contributed by atoms with Crippen LogP contribution in [-0.2, 0) is 4.79 Å². The number of carbonyl (C=O) groups excluding carboxylic acids is 1. The third-order valence-corrected chi connectivity index (χ3v) is 7.37. The molecule has 0 bridgehead atoms. The van der Waals surface area contributed by atoms with Crippen molar-refractivity contribution in [2.75, 3.05) is 13.1 Å². The van der Waals surface area contributed by atoms with Gasteiger partial charge in [-0.15, -0.1) is 0 Å². The van der Waals surface area contributed by atoms with E-state index in [9.17, 15) is 9.90 Å². The van der Waals surface area contributed by atoms with Gasteiger partial charge in [0.2, 0.25) is 0 Å². The summed E-state index contributed by atoms with van der Waals surface area (Å²) in [5, 5.41) is 10.1. The number of aryl methyl sites for hydroxylation is 2. The minimum absolute atomic E-state index is 0.0302. The molecule has 1 amide bonds. The van der Waals surface area contributed by atoms with Gasteiger partial charge >= 0.3 is 0 Å². The molecule has 1 atom stereocenters. The molecule has 1 N–H and O–H groups in total. The summed E-state index contributed by atoms with van der Waals surface area (Å²) in [4.78, 5) is 14.3. The van der Waals surface area contributed by atoms with E-state index in [-0.39, 0.29) is 5.91 Å². The van der Waals surface area contributed by atoms with Crippen LogP contribution in [0.3, 0.4) is 0 Å². The predicted molar refractivity (Wildman–Crippen MR) is 111 cm³/mol. The normalized spacial score (nSPS) is 24.2. The fourth-order valence-electron chi connectivity index (χ4n) is 5.10. The fourth-order valence-corrected chi connectivity index (χ4v) is 5.10. The number of likely N-dealkylation sites (tertiary alicyclic amines) is 1. The van der Waals surface area contributed by atoms with Gasteiger partial charge in [0.05, 0.1) is 0 Å². The number of benzene rings is 2. The quantitative estimate of drug-likeness (QED) is 0.852. The Hall–Kier alpha value is -2.13. The molecule has 2 aromatic carbocycles. The molecule has 3 heteroatoms. The molecule has 1 spiro atoms. The number of amides is 1. The van der Waals surface area contributed by atoms with Gasteiger partial charge in [-0.25, -0.2) is 0 Å². The molecule has 5 rings (SSSR count). The molecule has 1 heterocycles. The zero-order chi connectivity index (χ0) is 19.5. The van der Waals surface area contributed by atoms with E-state index in [1.807, 2.05) is 4.90 Å². The van der Waals surface area contributed by atoms with Gasteiger partial charge in [0.25, 0.3) is 5.91 Å². The molecule has 2 saturated carbocycles. The molecule has 1 saturated heterocycles. The molecule has 0 aromatic heterocycles. The molecule has 0 radical (unpaired) electrons. The zero-order valence-electron chi connectivity index (χ0n) is 16.9. The van der Waals surface area contributed by atoms with Crippen molar-refractivity contribution in [3.8, 4) is 11.1 Å². The Morgan fingerprint density at radius 2 is 1.68 bits per heavy atom. The Balaban J connectivity index is 1.26. The van der Waals surface area contributed by atoms with Gasteiger partial charge in [-0.2, -0.15) is 0 Å². The summed E-state index contributed by atoms with van der Waals surface area (Å²) in [6.45, 7) is 5.92. The highest BCUT2D eigenvalue weighted by atomic mass is 16.3. The van der Waals surface area contributed by atoms with Crippen LogP contribution in [0.25, 0.3) is 11.1 Å². The van der Waals surface area contributed by atoms with Gasteiger partial charge in [0, 0.05) is 13.1 Å². The standard InChI is InChI=1S/C25H29NO2/c1-17-3-4-18(2)21(15-17)19-5-7-20(8-6-19)22-16-24(22)11-13-26(14-12-24)23(27)25(28)9-10-25/h3-8,15,22,28H,9-14,16H2,1-2H3. The maximum atomic E-state index is 12.4. The summed E-state index contributed by atoms with van der Waals surface area (Å²) in [5.41, 5.74) is 6.02. The second-order valence-corrected chi connectivity index (χ2v) is 9.38. The van der Waals surface area contributed by atoms with E-state index < -0.39 is 5.60 Å². The molecular formula is C25H29NO2. The summed E-state index contributed by atoms with van der Waals surface area (Å²) in [6.07, 6.45) is 4.66. The first-order valence-corrected chi connectivity index (χ1v) is 10.6. The first-order valence-electron chi connectivity index (χ1n) is 10.6. The van der Waals surface area contributed by atoms with E-state index >= 15 is 0 Å². The van der Waals surface area contributed by atoms with Crippen LogP contribution in [0.4, 0.5) is 0 Å². The second-order valence-electron chi connectivity index (χ2n) is 9.38.